The lowest BCUT2D eigenvalue weighted by molar-refractivity contribution is -0.0784. The molecule has 1 amide bonds. The number of thiophene rings is 1. The highest BCUT2D eigenvalue weighted by atomic mass is 32.1. The Balaban J connectivity index is 1.49. The predicted molar refractivity (Wildman–Crippen MR) is 107 cm³/mol. The molecule has 0 saturated heterocycles. The van der Waals surface area contributed by atoms with Gasteiger partial charge in [-0.3, -0.25) is 4.79 Å². The van der Waals surface area contributed by atoms with Gasteiger partial charge in [-0.15, -0.1) is 11.3 Å². The Morgan fingerprint density at radius 2 is 2.17 bits per heavy atom. The molecule has 2 atom stereocenters. The molecule has 2 aliphatic rings. The number of nitrogens with zero attached hydrogens (tertiary/aromatic N) is 3. The maximum Gasteiger partial charge on any atom is 0.268 e. The molecule has 0 aliphatic heterocycles. The predicted octanol–water partition coefficient (Wildman–Crippen LogP) is 4.89. The van der Waals surface area contributed by atoms with Crippen molar-refractivity contribution in [1.29, 1.82) is 0 Å². The highest BCUT2D eigenvalue weighted by Crippen LogP contribution is 2.48. The van der Waals surface area contributed by atoms with Crippen LogP contribution in [0.5, 0.6) is 0 Å². The van der Waals surface area contributed by atoms with Crippen molar-refractivity contribution < 1.29 is 13.6 Å². The van der Waals surface area contributed by atoms with Gasteiger partial charge in [0.1, 0.15) is 0 Å². The smallest absolute Gasteiger partial charge is 0.268 e. The minimum absolute atomic E-state index is 0.168. The molecule has 8 heteroatoms. The van der Waals surface area contributed by atoms with Crippen molar-refractivity contribution in [3.8, 4) is 11.3 Å². The lowest BCUT2D eigenvalue weighted by atomic mass is 9.83. The van der Waals surface area contributed by atoms with E-state index in [4.69, 9.17) is 0 Å². The van der Waals surface area contributed by atoms with E-state index in [1.807, 2.05) is 18.2 Å². The normalized spacial score (nSPS) is 24.0. The first-order valence-corrected chi connectivity index (χ1v) is 10.9. The number of nitrogens with one attached hydrogen (secondary N) is 1. The molecule has 5 nitrogen and oxygen atoms in total. The number of carbonyl (C=O) groups excluding carboxylic acids is 1. The Morgan fingerprint density at radius 1 is 1.34 bits per heavy atom. The highest BCUT2D eigenvalue weighted by molar-refractivity contribution is 7.14. The van der Waals surface area contributed by atoms with Crippen LogP contribution in [0.3, 0.4) is 0 Å². The van der Waals surface area contributed by atoms with Crippen LogP contribution in [0.15, 0.2) is 30.6 Å². The van der Waals surface area contributed by atoms with Crippen molar-refractivity contribution in [2.24, 2.45) is 5.92 Å². The van der Waals surface area contributed by atoms with Gasteiger partial charge in [0.05, 0.1) is 22.8 Å². The largest absolute Gasteiger partial charge is 0.342 e. The zero-order chi connectivity index (χ0) is 20.2. The summed E-state index contributed by atoms with van der Waals surface area (Å²) in [7, 11) is 0. The third-order valence-electron chi connectivity index (χ3n) is 5.97. The molecule has 29 heavy (non-hydrogen) atoms. The van der Waals surface area contributed by atoms with E-state index >= 15 is 0 Å². The summed E-state index contributed by atoms with van der Waals surface area (Å²) in [5.41, 5.74) is 2.49. The lowest BCUT2D eigenvalue weighted by Crippen LogP contribution is -2.53. The van der Waals surface area contributed by atoms with Gasteiger partial charge in [-0.25, -0.2) is 18.3 Å². The minimum Gasteiger partial charge on any atom is -0.342 e. The van der Waals surface area contributed by atoms with Gasteiger partial charge in [-0.1, -0.05) is 6.92 Å². The maximum atomic E-state index is 14.4. The summed E-state index contributed by atoms with van der Waals surface area (Å²) in [6.45, 7) is 1.79. The SMILES string of the molecule is C[C@@H]1CCCC(F)(F)C1NC(=O)c1cc(-c2cnc3cccnn23)c(C2CC2)s1. The van der Waals surface area contributed by atoms with Gasteiger partial charge in [0.25, 0.3) is 11.8 Å². The van der Waals surface area contributed by atoms with Crippen LogP contribution in [0.1, 0.15) is 59.5 Å². The number of fused-ring (bicyclic) bond motifs is 1. The van der Waals surface area contributed by atoms with Gasteiger partial charge < -0.3 is 5.32 Å². The number of alkyl halides is 2. The van der Waals surface area contributed by atoms with Crippen LogP contribution in [0.2, 0.25) is 0 Å². The summed E-state index contributed by atoms with van der Waals surface area (Å²) in [6.07, 6.45) is 6.65. The molecule has 0 bridgehead atoms. The molecule has 1 unspecified atom stereocenters. The second-order valence-corrected chi connectivity index (χ2v) is 9.27. The fourth-order valence-electron chi connectivity index (χ4n) is 4.24. The number of rotatable bonds is 4. The second kappa shape index (κ2) is 6.86. The molecular formula is C21H22F2N4OS. The first kappa shape index (κ1) is 18.7. The molecule has 2 fully saturated rings. The maximum absolute atomic E-state index is 14.4. The number of aromatic nitrogens is 3. The van der Waals surface area contributed by atoms with Gasteiger partial charge in [0.15, 0.2) is 5.65 Å². The molecule has 2 aliphatic carbocycles. The van der Waals surface area contributed by atoms with Crippen molar-refractivity contribution in [2.75, 3.05) is 0 Å². The zero-order valence-electron chi connectivity index (χ0n) is 16.1. The van der Waals surface area contributed by atoms with Crippen LogP contribution in [0, 0.1) is 5.92 Å². The number of amides is 1. The fraction of sp³-hybridized carbons (Fsp3) is 0.476. The Labute approximate surface area is 171 Å². The Bertz CT molecular complexity index is 1070. The van der Waals surface area contributed by atoms with E-state index in [-0.39, 0.29) is 12.3 Å². The van der Waals surface area contributed by atoms with Crippen molar-refractivity contribution >= 4 is 22.9 Å². The van der Waals surface area contributed by atoms with Gasteiger partial charge in [0.2, 0.25) is 0 Å². The summed E-state index contributed by atoms with van der Waals surface area (Å²) in [5.74, 6) is -3.10. The molecule has 0 radical (unpaired) electrons. The Hall–Kier alpha value is -2.35. The van der Waals surface area contributed by atoms with E-state index in [9.17, 15) is 13.6 Å². The second-order valence-electron chi connectivity index (χ2n) is 8.18. The molecule has 2 saturated carbocycles. The van der Waals surface area contributed by atoms with Gasteiger partial charge in [-0.05, 0) is 55.7 Å². The van der Waals surface area contributed by atoms with E-state index in [0.29, 0.717) is 23.6 Å². The average molecular weight is 416 g/mol. The first-order chi connectivity index (χ1) is 13.9. The third-order valence-corrected chi connectivity index (χ3v) is 7.26. The third kappa shape index (κ3) is 3.33. The van der Waals surface area contributed by atoms with Gasteiger partial charge in [-0.2, -0.15) is 5.10 Å². The summed E-state index contributed by atoms with van der Waals surface area (Å²) in [6, 6.07) is 4.40. The van der Waals surface area contributed by atoms with Crippen LogP contribution in [0.25, 0.3) is 16.9 Å². The van der Waals surface area contributed by atoms with E-state index in [0.717, 1.165) is 34.6 Å². The summed E-state index contributed by atoms with van der Waals surface area (Å²) in [5, 5.41) is 7.02. The molecule has 3 aromatic heterocycles. The van der Waals surface area contributed by atoms with Crippen LogP contribution < -0.4 is 5.32 Å². The summed E-state index contributed by atoms with van der Waals surface area (Å²) < 4.78 is 30.5. The van der Waals surface area contributed by atoms with E-state index in [1.165, 1.54) is 11.3 Å². The van der Waals surface area contributed by atoms with E-state index in [2.05, 4.69) is 15.4 Å². The number of carbonyl (C=O) groups is 1. The highest BCUT2D eigenvalue weighted by Gasteiger charge is 2.46. The standard InChI is InChI=1S/C21H22F2N4OS/c1-12-4-2-8-21(22,23)19(12)26-20(28)16-10-14(18(29-16)13-6-7-13)15-11-24-17-5-3-9-25-27(15)17/h3,5,9-13,19H,2,4,6-8H2,1H3,(H,26,28)/t12-,19?/m1/s1. The number of hydrogen-bond acceptors (Lipinski definition) is 4. The van der Waals surface area contributed by atoms with Crippen molar-refractivity contribution in [2.45, 2.75) is 56.9 Å². The van der Waals surface area contributed by atoms with Crippen LogP contribution in [-0.4, -0.2) is 32.5 Å². The molecule has 3 heterocycles. The fourth-order valence-corrected chi connectivity index (χ4v) is 5.48. The first-order valence-electron chi connectivity index (χ1n) is 10.1. The van der Waals surface area contributed by atoms with Gasteiger partial charge in [0, 0.05) is 23.1 Å². The van der Waals surface area contributed by atoms with E-state index in [1.54, 1.807) is 23.8 Å². The number of imidazole rings is 1. The number of halogens is 2. The quantitative estimate of drug-likeness (QED) is 0.659. The molecule has 3 aromatic rings. The molecule has 152 valence electrons. The number of hydrogen-bond donors (Lipinski definition) is 1. The zero-order valence-corrected chi connectivity index (χ0v) is 16.9. The van der Waals surface area contributed by atoms with E-state index < -0.39 is 17.9 Å². The Kier molecular flexibility index (Phi) is 4.42. The lowest BCUT2D eigenvalue weighted by Gasteiger charge is -2.36. The van der Waals surface area contributed by atoms with Crippen molar-refractivity contribution in [3.05, 3.63) is 40.3 Å². The Morgan fingerprint density at radius 3 is 2.93 bits per heavy atom. The van der Waals surface area contributed by atoms with Gasteiger partial charge >= 0.3 is 0 Å². The molecule has 5 rings (SSSR count). The molecule has 1 N–H and O–H groups in total. The molecular weight excluding hydrogens is 394 g/mol. The summed E-state index contributed by atoms with van der Waals surface area (Å²) >= 11 is 1.41. The van der Waals surface area contributed by atoms with Crippen LogP contribution in [-0.2, 0) is 0 Å². The minimum atomic E-state index is -2.86. The topological polar surface area (TPSA) is 59.3 Å². The molecule has 0 aromatic carbocycles. The summed E-state index contributed by atoms with van der Waals surface area (Å²) in [4.78, 5) is 18.9. The van der Waals surface area contributed by atoms with Crippen LogP contribution in [0.4, 0.5) is 8.78 Å². The van der Waals surface area contributed by atoms with Crippen LogP contribution >= 0.6 is 11.3 Å². The monoisotopic (exact) mass is 416 g/mol. The molecule has 0 spiro atoms. The van der Waals surface area contributed by atoms with Crippen molar-refractivity contribution in [3.63, 3.8) is 0 Å². The van der Waals surface area contributed by atoms with Crippen molar-refractivity contribution in [1.82, 2.24) is 19.9 Å². The average Bonchev–Trinajstić information content (AvgIpc) is 3.29.